The van der Waals surface area contributed by atoms with Gasteiger partial charge in [0.15, 0.2) is 0 Å². The van der Waals surface area contributed by atoms with E-state index in [0.717, 1.165) is 0 Å². The van der Waals surface area contributed by atoms with Crippen molar-refractivity contribution in [2.45, 2.75) is 5.16 Å². The van der Waals surface area contributed by atoms with E-state index >= 15 is 0 Å². The number of hydrogen-bond acceptors (Lipinski definition) is 0. The zero-order chi connectivity index (χ0) is 26.6. The van der Waals surface area contributed by atoms with Crippen LogP contribution in [0.5, 0.6) is 0 Å². The normalized spacial score (nSPS) is 12.8. The Hall–Kier alpha value is -3.52. The molecule has 6 aromatic carbocycles. The molecule has 0 aliphatic heterocycles. The molecule has 6 aromatic rings. The Kier molecular flexibility index (Phi) is 6.97. The Morgan fingerprint density at radius 3 is 0.744 bits per heavy atom. The van der Waals surface area contributed by atoms with Crippen LogP contribution in [-0.2, 0) is 5.16 Å². The van der Waals surface area contributed by atoms with Gasteiger partial charge in [-0.1, -0.05) is 0 Å². The van der Waals surface area contributed by atoms with Crippen LogP contribution in [0.25, 0.3) is 0 Å². The molecule has 0 nitrogen and oxygen atoms in total. The van der Waals surface area contributed by atoms with Gasteiger partial charge >= 0.3 is 246 Å². The summed E-state index contributed by atoms with van der Waals surface area (Å²) in [6.07, 6.45) is 0. The molecule has 0 aliphatic carbocycles. The van der Waals surface area contributed by atoms with Crippen LogP contribution in [0.1, 0.15) is 16.7 Å². The van der Waals surface area contributed by atoms with Gasteiger partial charge < -0.3 is 0 Å². The number of benzene rings is 6. The van der Waals surface area contributed by atoms with Gasteiger partial charge in [-0.25, -0.2) is 0 Å². The van der Waals surface area contributed by atoms with Crippen molar-refractivity contribution >= 4 is 42.2 Å². The summed E-state index contributed by atoms with van der Waals surface area (Å²) in [7, 11) is 0. The summed E-state index contributed by atoms with van der Waals surface area (Å²) in [5.41, 5.74) is 3.85. The zero-order valence-electron chi connectivity index (χ0n) is 21.6. The molecule has 0 fully saturated rings. The standard InChI is InChI=1S/C37H30IP/c38-39(34-25-13-4-14-26-34,35-27-15-5-16-28-35,36-29-17-6-18-30-36)37(31-19-7-1-8-20-31,32-21-9-2-10-22-32)33-23-11-3-12-24-33/h1-30H. The summed E-state index contributed by atoms with van der Waals surface area (Å²) in [5.74, 6) is 0. The molecule has 0 radical (unpaired) electrons. The fourth-order valence-corrected chi connectivity index (χ4v) is 18.0. The van der Waals surface area contributed by atoms with E-state index in [1.165, 1.54) is 32.6 Å². The van der Waals surface area contributed by atoms with E-state index in [0.29, 0.717) is 0 Å². The zero-order valence-corrected chi connectivity index (χ0v) is 24.7. The first-order valence-electron chi connectivity index (χ1n) is 13.3. The van der Waals surface area contributed by atoms with Crippen molar-refractivity contribution in [3.63, 3.8) is 0 Å². The van der Waals surface area contributed by atoms with E-state index < -0.39 is 9.40 Å². The average Bonchev–Trinajstić information content (AvgIpc) is 3.04. The molecule has 0 saturated heterocycles. The molecule has 2 heteroatoms. The van der Waals surface area contributed by atoms with Crippen LogP contribution < -0.4 is 15.9 Å². The summed E-state index contributed by atoms with van der Waals surface area (Å²) in [6, 6.07) is 67.2. The van der Waals surface area contributed by atoms with E-state index in [1.807, 2.05) is 0 Å². The van der Waals surface area contributed by atoms with Gasteiger partial charge in [0.2, 0.25) is 0 Å². The van der Waals surface area contributed by atoms with E-state index in [2.05, 4.69) is 204 Å². The first-order chi connectivity index (χ1) is 19.2. The van der Waals surface area contributed by atoms with Crippen molar-refractivity contribution in [3.05, 3.63) is 199 Å². The van der Waals surface area contributed by atoms with Crippen LogP contribution in [0.15, 0.2) is 182 Å². The van der Waals surface area contributed by atoms with Gasteiger partial charge in [0.05, 0.1) is 0 Å². The summed E-state index contributed by atoms with van der Waals surface area (Å²) in [5, 5.41) is 3.49. The Balaban J connectivity index is 1.99. The molecule has 6 rings (SSSR count). The minimum absolute atomic E-state index is 0.542. The number of rotatable bonds is 7. The Bertz CT molecular complexity index is 1440. The third-order valence-electron chi connectivity index (χ3n) is 7.93. The van der Waals surface area contributed by atoms with Gasteiger partial charge in [-0.3, -0.25) is 0 Å². The molecule has 0 atom stereocenters. The van der Waals surface area contributed by atoms with E-state index in [4.69, 9.17) is 0 Å². The van der Waals surface area contributed by atoms with Crippen molar-refractivity contribution in [2.75, 3.05) is 0 Å². The second-order valence-corrected chi connectivity index (χ2v) is 19.9. The Morgan fingerprint density at radius 2 is 0.513 bits per heavy atom. The number of hydrogen-bond donors (Lipinski definition) is 0. The van der Waals surface area contributed by atoms with E-state index in [9.17, 15) is 0 Å². The van der Waals surface area contributed by atoms with Crippen LogP contribution in [0.2, 0.25) is 0 Å². The van der Waals surface area contributed by atoms with E-state index in [-0.39, 0.29) is 0 Å². The van der Waals surface area contributed by atoms with Gasteiger partial charge in [-0.05, 0) is 0 Å². The molecular formula is C37H30IP. The Labute approximate surface area is 244 Å². The van der Waals surface area contributed by atoms with Crippen molar-refractivity contribution in [3.8, 4) is 0 Å². The summed E-state index contributed by atoms with van der Waals surface area (Å²) >= 11 is 2.96. The average molecular weight is 633 g/mol. The predicted octanol–water partition coefficient (Wildman–Crippen LogP) is 8.86. The fraction of sp³-hybridized carbons (Fsp3) is 0.0270. The van der Waals surface area contributed by atoms with Crippen molar-refractivity contribution in [1.82, 2.24) is 0 Å². The quantitative estimate of drug-likeness (QED) is 0.0938. The molecule has 0 bridgehead atoms. The van der Waals surface area contributed by atoms with Gasteiger partial charge in [-0.2, -0.15) is 0 Å². The molecule has 0 aliphatic rings. The predicted molar refractivity (Wildman–Crippen MR) is 178 cm³/mol. The van der Waals surface area contributed by atoms with Crippen molar-refractivity contribution in [1.29, 1.82) is 0 Å². The minimum atomic E-state index is -3.50. The molecule has 0 saturated carbocycles. The topological polar surface area (TPSA) is 0 Å². The SMILES string of the molecule is IP(c1ccccc1)(c1ccccc1)(c1ccccc1)C(c1ccccc1)(c1ccccc1)c1ccccc1. The van der Waals surface area contributed by atoms with E-state index in [1.54, 1.807) is 0 Å². The van der Waals surface area contributed by atoms with Crippen LogP contribution in [0.3, 0.4) is 0 Å². The monoisotopic (exact) mass is 632 g/mol. The molecule has 0 unspecified atom stereocenters. The molecule has 39 heavy (non-hydrogen) atoms. The molecule has 190 valence electrons. The van der Waals surface area contributed by atoms with Crippen molar-refractivity contribution in [2.24, 2.45) is 0 Å². The fourth-order valence-electron chi connectivity index (χ4n) is 6.42. The van der Waals surface area contributed by atoms with Crippen LogP contribution in [-0.4, -0.2) is 0 Å². The first kappa shape index (κ1) is 25.7. The van der Waals surface area contributed by atoms with Crippen LogP contribution in [0, 0.1) is 0 Å². The van der Waals surface area contributed by atoms with Crippen LogP contribution in [0.4, 0.5) is 0 Å². The molecule has 0 heterocycles. The van der Waals surface area contributed by atoms with Gasteiger partial charge in [-0.15, -0.1) is 0 Å². The maximum atomic E-state index is 2.96. The number of halogens is 1. The van der Waals surface area contributed by atoms with Gasteiger partial charge in [0.25, 0.3) is 0 Å². The Morgan fingerprint density at radius 1 is 0.308 bits per heavy atom. The summed E-state index contributed by atoms with van der Waals surface area (Å²) in [6.45, 7) is 0. The van der Waals surface area contributed by atoms with Gasteiger partial charge in [0.1, 0.15) is 0 Å². The third kappa shape index (κ3) is 3.75. The summed E-state index contributed by atoms with van der Waals surface area (Å²) < 4.78 is -3.50. The third-order valence-corrected chi connectivity index (χ3v) is 21.0. The second kappa shape index (κ2) is 10.6. The van der Waals surface area contributed by atoms with Gasteiger partial charge in [0, 0.05) is 0 Å². The molecular weight excluding hydrogens is 602 g/mol. The van der Waals surface area contributed by atoms with Crippen molar-refractivity contribution < 1.29 is 0 Å². The molecule has 0 spiro atoms. The van der Waals surface area contributed by atoms with Crippen LogP contribution >= 0.6 is 26.3 Å². The summed E-state index contributed by atoms with van der Waals surface area (Å²) in [4.78, 5) is 0. The molecule has 0 aromatic heterocycles. The maximum absolute atomic E-state index is 3.50. The first-order valence-corrected chi connectivity index (χ1v) is 18.3. The molecule has 0 amide bonds. The molecule has 0 N–H and O–H groups in total. The second-order valence-electron chi connectivity index (χ2n) is 9.82.